The first-order valence-electron chi connectivity index (χ1n) is 9.64. The molecule has 1 aliphatic rings. The monoisotopic (exact) mass is 463 g/mol. The van der Waals surface area contributed by atoms with Crippen LogP contribution in [0.4, 0.5) is 0 Å². The molecular formula is C23H18BrN3O3. The molecule has 30 heavy (non-hydrogen) atoms. The number of aryl methyl sites for hydroxylation is 1. The lowest BCUT2D eigenvalue weighted by atomic mass is 9.95. The van der Waals surface area contributed by atoms with E-state index in [0.717, 1.165) is 26.3 Å². The summed E-state index contributed by atoms with van der Waals surface area (Å²) in [5, 5.41) is 13.5. The Bertz CT molecular complexity index is 1360. The maximum absolute atomic E-state index is 12.9. The van der Waals surface area contributed by atoms with Crippen LogP contribution >= 0.6 is 15.9 Å². The summed E-state index contributed by atoms with van der Waals surface area (Å²) in [6, 6.07) is 13.5. The van der Waals surface area contributed by atoms with E-state index in [1.54, 1.807) is 6.20 Å². The van der Waals surface area contributed by atoms with Crippen LogP contribution in [0.25, 0.3) is 33.0 Å². The zero-order chi connectivity index (χ0) is 20.8. The molecule has 5 rings (SSSR count). The summed E-state index contributed by atoms with van der Waals surface area (Å²) in [6.07, 6.45) is 4.27. The topological polar surface area (TPSA) is 87.1 Å². The maximum atomic E-state index is 12.9. The summed E-state index contributed by atoms with van der Waals surface area (Å²) < 4.78 is 2.93. The average Bonchev–Trinajstić information content (AvgIpc) is 3.39. The number of halogens is 1. The van der Waals surface area contributed by atoms with Gasteiger partial charge in [-0.05, 0) is 24.6 Å². The molecule has 0 bridgehead atoms. The molecule has 0 spiro atoms. The molecule has 3 heterocycles. The van der Waals surface area contributed by atoms with E-state index in [0.29, 0.717) is 35.2 Å². The summed E-state index contributed by atoms with van der Waals surface area (Å²) >= 11 is 3.51. The highest BCUT2D eigenvalue weighted by Crippen LogP contribution is 2.38. The Kier molecular flexibility index (Phi) is 4.56. The zero-order valence-electron chi connectivity index (χ0n) is 15.9. The number of amides is 2. The van der Waals surface area contributed by atoms with Crippen LogP contribution in [0.15, 0.2) is 59.3 Å². The summed E-state index contributed by atoms with van der Waals surface area (Å²) in [4.78, 5) is 28.9. The van der Waals surface area contributed by atoms with Gasteiger partial charge in [-0.3, -0.25) is 14.9 Å². The average molecular weight is 464 g/mol. The second-order valence-electron chi connectivity index (χ2n) is 7.26. The Hall–Kier alpha value is -3.16. The highest BCUT2D eigenvalue weighted by molar-refractivity contribution is 9.10. The minimum absolute atomic E-state index is 0.0747. The number of imide groups is 1. The molecule has 6 nitrogen and oxygen atoms in total. The molecule has 1 aliphatic heterocycles. The highest BCUT2D eigenvalue weighted by Gasteiger charge is 2.35. The molecule has 2 aromatic carbocycles. The zero-order valence-corrected chi connectivity index (χ0v) is 17.5. The molecule has 0 aliphatic carbocycles. The summed E-state index contributed by atoms with van der Waals surface area (Å²) in [5.74, 6) is -0.794. The Morgan fingerprint density at radius 3 is 2.53 bits per heavy atom. The van der Waals surface area contributed by atoms with Gasteiger partial charge in [-0.25, -0.2) is 0 Å². The summed E-state index contributed by atoms with van der Waals surface area (Å²) in [6.45, 7) is 0.681. The molecule has 3 N–H and O–H groups in total. The molecule has 2 aromatic heterocycles. The van der Waals surface area contributed by atoms with Crippen molar-refractivity contribution in [1.82, 2.24) is 14.9 Å². The third-order valence-corrected chi connectivity index (χ3v) is 5.95. The fourth-order valence-corrected chi connectivity index (χ4v) is 4.49. The Morgan fingerprint density at radius 2 is 1.73 bits per heavy atom. The van der Waals surface area contributed by atoms with Crippen molar-refractivity contribution < 1.29 is 14.7 Å². The normalized spacial score (nSPS) is 14.3. The van der Waals surface area contributed by atoms with E-state index in [2.05, 4.69) is 26.2 Å². The van der Waals surface area contributed by atoms with Gasteiger partial charge in [0.05, 0.1) is 11.1 Å². The second-order valence-corrected chi connectivity index (χ2v) is 8.17. The first kappa shape index (κ1) is 18.8. The van der Waals surface area contributed by atoms with Gasteiger partial charge in [0.2, 0.25) is 0 Å². The molecule has 0 atom stereocenters. The minimum Gasteiger partial charge on any atom is -0.396 e. The van der Waals surface area contributed by atoms with Gasteiger partial charge in [-0.15, -0.1) is 0 Å². The Balaban J connectivity index is 1.80. The predicted molar refractivity (Wildman–Crippen MR) is 120 cm³/mol. The molecular weight excluding hydrogens is 446 g/mol. The predicted octanol–water partition coefficient (Wildman–Crippen LogP) is 3.83. The van der Waals surface area contributed by atoms with Crippen LogP contribution in [0.2, 0.25) is 0 Å². The molecule has 7 heteroatoms. The lowest BCUT2D eigenvalue weighted by molar-refractivity contribution is -0.122. The van der Waals surface area contributed by atoms with Gasteiger partial charge in [-0.1, -0.05) is 40.2 Å². The fourth-order valence-electron chi connectivity index (χ4n) is 4.14. The quantitative estimate of drug-likeness (QED) is 0.393. The number of para-hydroxylation sites is 1. The van der Waals surface area contributed by atoms with Crippen molar-refractivity contribution in [2.75, 3.05) is 6.61 Å². The number of nitrogens with one attached hydrogen (secondary N) is 2. The van der Waals surface area contributed by atoms with E-state index in [-0.39, 0.29) is 6.61 Å². The van der Waals surface area contributed by atoms with E-state index < -0.39 is 11.8 Å². The lowest BCUT2D eigenvalue weighted by Gasteiger charge is -2.03. The van der Waals surface area contributed by atoms with Crippen molar-refractivity contribution in [3.8, 4) is 0 Å². The van der Waals surface area contributed by atoms with Gasteiger partial charge < -0.3 is 14.7 Å². The van der Waals surface area contributed by atoms with Gasteiger partial charge in [0.25, 0.3) is 11.8 Å². The molecule has 4 aromatic rings. The van der Waals surface area contributed by atoms with Crippen molar-refractivity contribution in [2.45, 2.75) is 13.0 Å². The summed E-state index contributed by atoms with van der Waals surface area (Å²) in [7, 11) is 0. The molecule has 150 valence electrons. The van der Waals surface area contributed by atoms with Crippen LogP contribution < -0.4 is 5.32 Å². The van der Waals surface area contributed by atoms with E-state index in [4.69, 9.17) is 0 Å². The van der Waals surface area contributed by atoms with Crippen molar-refractivity contribution in [2.24, 2.45) is 0 Å². The van der Waals surface area contributed by atoms with Gasteiger partial charge >= 0.3 is 0 Å². The van der Waals surface area contributed by atoms with E-state index in [9.17, 15) is 14.7 Å². The number of rotatable bonds is 5. The van der Waals surface area contributed by atoms with Crippen LogP contribution in [0.3, 0.4) is 0 Å². The maximum Gasteiger partial charge on any atom is 0.259 e. The Morgan fingerprint density at radius 1 is 0.967 bits per heavy atom. The van der Waals surface area contributed by atoms with Crippen molar-refractivity contribution in [3.63, 3.8) is 0 Å². The van der Waals surface area contributed by atoms with Crippen molar-refractivity contribution in [3.05, 3.63) is 70.5 Å². The molecule has 0 radical (unpaired) electrons. The molecule has 0 saturated heterocycles. The number of fused-ring (bicyclic) bond motifs is 2. The molecule has 2 amide bonds. The number of H-pyrrole nitrogens is 1. The number of benzene rings is 2. The first-order chi connectivity index (χ1) is 14.6. The van der Waals surface area contributed by atoms with Gasteiger partial charge in [0.15, 0.2) is 0 Å². The smallest absolute Gasteiger partial charge is 0.259 e. The van der Waals surface area contributed by atoms with Gasteiger partial charge in [-0.2, -0.15) is 0 Å². The van der Waals surface area contributed by atoms with Crippen LogP contribution in [-0.4, -0.2) is 33.1 Å². The van der Waals surface area contributed by atoms with Crippen molar-refractivity contribution in [1.29, 1.82) is 0 Å². The number of hydrogen-bond acceptors (Lipinski definition) is 3. The first-order valence-corrected chi connectivity index (χ1v) is 10.4. The number of hydrogen-bond donors (Lipinski definition) is 3. The van der Waals surface area contributed by atoms with Crippen molar-refractivity contribution >= 4 is 60.7 Å². The van der Waals surface area contributed by atoms with Crippen LogP contribution in [0.1, 0.15) is 17.5 Å². The third kappa shape index (κ3) is 2.89. The summed E-state index contributed by atoms with van der Waals surface area (Å²) in [5.41, 5.74) is 4.00. The van der Waals surface area contributed by atoms with Gasteiger partial charge in [0.1, 0.15) is 0 Å². The van der Waals surface area contributed by atoms with Crippen LogP contribution in [-0.2, 0) is 16.1 Å². The van der Waals surface area contributed by atoms with Crippen LogP contribution in [0.5, 0.6) is 0 Å². The fraction of sp³-hybridized carbons (Fsp3) is 0.130. The number of carbonyl (C=O) groups is 2. The molecule has 0 unspecified atom stereocenters. The minimum atomic E-state index is -0.399. The molecule has 0 saturated carbocycles. The van der Waals surface area contributed by atoms with Crippen LogP contribution in [0, 0.1) is 0 Å². The molecule has 0 fully saturated rings. The van der Waals surface area contributed by atoms with E-state index in [1.807, 2.05) is 53.2 Å². The number of aliphatic hydroxyl groups is 1. The van der Waals surface area contributed by atoms with Gasteiger partial charge in [0, 0.05) is 63.0 Å². The number of carbonyl (C=O) groups excluding carboxylic acids is 2. The van der Waals surface area contributed by atoms with E-state index in [1.165, 1.54) is 0 Å². The largest absolute Gasteiger partial charge is 0.396 e. The standard InChI is InChI=1S/C23H18BrN3O3/c24-13-6-7-15-17(12-27(8-3-9-28)19(15)10-13)21-20(22(29)26-23(21)30)16-11-25-18-5-2-1-4-14(16)18/h1-2,4-7,10-12,25,28H,3,8-9H2,(H,26,29,30). The Labute approximate surface area is 180 Å². The number of nitrogens with zero attached hydrogens (tertiary/aromatic N) is 1. The second kappa shape index (κ2) is 7.27. The number of aliphatic hydroxyl groups excluding tert-OH is 1. The highest BCUT2D eigenvalue weighted by atomic mass is 79.9. The third-order valence-electron chi connectivity index (χ3n) is 5.46. The SMILES string of the molecule is O=C1NC(=O)C(c2cn(CCCO)c3cc(Br)ccc23)=C1c1c[nH]c2ccccc12. The number of aromatic nitrogens is 2. The lowest BCUT2D eigenvalue weighted by Crippen LogP contribution is -2.22. The number of aromatic amines is 1. The van der Waals surface area contributed by atoms with E-state index >= 15 is 0 Å².